The lowest BCUT2D eigenvalue weighted by molar-refractivity contribution is -0.140. The van der Waals surface area contributed by atoms with Crippen LogP contribution in [0.4, 0.5) is 0 Å². The van der Waals surface area contributed by atoms with Gasteiger partial charge in [0.15, 0.2) is 0 Å². The number of carbonyl (C=O) groups is 2. The van der Waals surface area contributed by atoms with Gasteiger partial charge in [-0.2, -0.15) is 4.31 Å². The van der Waals surface area contributed by atoms with Gasteiger partial charge in [0.05, 0.1) is 18.6 Å². The van der Waals surface area contributed by atoms with Gasteiger partial charge in [0.25, 0.3) is 0 Å². The molecule has 0 bridgehead atoms. The predicted molar refractivity (Wildman–Crippen MR) is 140 cm³/mol. The van der Waals surface area contributed by atoms with Crippen molar-refractivity contribution in [3.8, 4) is 5.75 Å². The van der Waals surface area contributed by atoms with E-state index in [9.17, 15) is 18.0 Å². The number of fused-ring (bicyclic) bond motifs is 1. The molecule has 1 atom stereocenters. The smallest absolute Gasteiger partial charge is 0.243 e. The lowest BCUT2D eigenvalue weighted by atomic mass is 10.1. The highest BCUT2D eigenvalue weighted by Gasteiger charge is 2.30. The minimum Gasteiger partial charge on any atom is -0.497 e. The molecule has 1 N–H and O–H groups in total. The van der Waals surface area contributed by atoms with E-state index in [1.165, 1.54) is 18.0 Å². The minimum absolute atomic E-state index is 0.104. The van der Waals surface area contributed by atoms with Crippen molar-refractivity contribution in [1.82, 2.24) is 14.5 Å². The van der Waals surface area contributed by atoms with Crippen LogP contribution in [-0.4, -0.2) is 62.7 Å². The van der Waals surface area contributed by atoms with Crippen LogP contribution in [0.3, 0.4) is 0 Å². The highest BCUT2D eigenvalue weighted by Crippen LogP contribution is 2.22. The number of benzene rings is 3. The molecular formula is C27H33N3O5S. The molecule has 192 valence electrons. The number of hydrogen-bond donors (Lipinski definition) is 1. The first kappa shape index (κ1) is 27.2. The lowest BCUT2D eigenvalue weighted by Crippen LogP contribution is -2.50. The molecule has 3 rings (SSSR count). The Labute approximate surface area is 212 Å². The van der Waals surface area contributed by atoms with Crippen molar-refractivity contribution >= 4 is 32.6 Å². The second kappa shape index (κ2) is 12.0. The highest BCUT2D eigenvalue weighted by molar-refractivity contribution is 7.89. The molecule has 0 aliphatic carbocycles. The summed E-state index contributed by atoms with van der Waals surface area (Å²) < 4.78 is 32.8. The Hall–Kier alpha value is -3.43. The summed E-state index contributed by atoms with van der Waals surface area (Å²) in [7, 11) is -0.995. The Kier molecular flexibility index (Phi) is 9.06. The standard InChI is InChI=1S/C27H33N3O5S/c1-5-16-28-27(32)20(2)30(18-21-10-13-24(35-4)14-11-21)26(31)19-29(3)36(33,34)25-15-12-22-8-6-7-9-23(22)17-25/h6-15,17,20H,5,16,18-19H2,1-4H3,(H,28,32)/t20-/m0/s1. The summed E-state index contributed by atoms with van der Waals surface area (Å²) in [6, 6.07) is 18.7. The van der Waals surface area contributed by atoms with Gasteiger partial charge in [-0.15, -0.1) is 0 Å². The monoisotopic (exact) mass is 511 g/mol. The second-order valence-corrected chi connectivity index (χ2v) is 10.7. The van der Waals surface area contributed by atoms with Crippen LogP contribution in [0.25, 0.3) is 10.8 Å². The third kappa shape index (κ3) is 6.41. The topological polar surface area (TPSA) is 96.0 Å². The van der Waals surface area contributed by atoms with Crippen molar-refractivity contribution in [1.29, 1.82) is 0 Å². The van der Waals surface area contributed by atoms with Crippen LogP contribution in [-0.2, 0) is 26.2 Å². The summed E-state index contributed by atoms with van der Waals surface area (Å²) in [4.78, 5) is 27.6. The van der Waals surface area contributed by atoms with Gasteiger partial charge >= 0.3 is 0 Å². The number of likely N-dealkylation sites (N-methyl/N-ethyl adjacent to an activating group) is 1. The average Bonchev–Trinajstić information content (AvgIpc) is 2.89. The number of methoxy groups -OCH3 is 1. The molecule has 2 amide bonds. The van der Waals surface area contributed by atoms with E-state index >= 15 is 0 Å². The largest absolute Gasteiger partial charge is 0.497 e. The van der Waals surface area contributed by atoms with E-state index in [4.69, 9.17) is 4.74 Å². The van der Waals surface area contributed by atoms with Crippen molar-refractivity contribution in [2.45, 2.75) is 37.8 Å². The minimum atomic E-state index is -3.93. The van der Waals surface area contributed by atoms with Crippen molar-refractivity contribution in [2.75, 3.05) is 27.2 Å². The van der Waals surface area contributed by atoms with Gasteiger partial charge in [0.1, 0.15) is 11.8 Å². The summed E-state index contributed by atoms with van der Waals surface area (Å²) in [5.74, 6) is -0.0952. The van der Waals surface area contributed by atoms with Crippen LogP contribution in [0.15, 0.2) is 71.6 Å². The van der Waals surface area contributed by atoms with Crippen LogP contribution in [0, 0.1) is 0 Å². The van der Waals surface area contributed by atoms with Gasteiger partial charge in [0, 0.05) is 20.1 Å². The van der Waals surface area contributed by atoms with E-state index in [1.54, 1.807) is 38.3 Å². The zero-order chi connectivity index (χ0) is 26.3. The number of nitrogens with one attached hydrogen (secondary N) is 1. The summed E-state index contributed by atoms with van der Waals surface area (Å²) in [6.07, 6.45) is 0.762. The SMILES string of the molecule is CCCNC(=O)[C@H](C)N(Cc1ccc(OC)cc1)C(=O)CN(C)S(=O)(=O)c1ccc2ccccc2c1. The average molecular weight is 512 g/mol. The Morgan fingerprint density at radius 1 is 1.00 bits per heavy atom. The number of amides is 2. The highest BCUT2D eigenvalue weighted by atomic mass is 32.2. The van der Waals surface area contributed by atoms with Crippen LogP contribution < -0.4 is 10.1 Å². The normalized spacial score (nSPS) is 12.4. The van der Waals surface area contributed by atoms with E-state index < -0.39 is 28.5 Å². The Bertz CT molecular complexity index is 1310. The Morgan fingerprint density at radius 2 is 1.67 bits per heavy atom. The molecule has 0 saturated heterocycles. The molecular weight excluding hydrogens is 478 g/mol. The summed E-state index contributed by atoms with van der Waals surface area (Å²) in [5.41, 5.74) is 0.791. The molecule has 3 aromatic carbocycles. The third-order valence-electron chi connectivity index (χ3n) is 6.02. The number of rotatable bonds is 11. The Balaban J connectivity index is 1.83. The molecule has 0 heterocycles. The Morgan fingerprint density at radius 3 is 2.31 bits per heavy atom. The van der Waals surface area contributed by atoms with E-state index in [0.29, 0.717) is 12.3 Å². The van der Waals surface area contributed by atoms with Crippen LogP contribution in [0.5, 0.6) is 5.75 Å². The summed E-state index contributed by atoms with van der Waals surface area (Å²) >= 11 is 0. The number of hydrogen-bond acceptors (Lipinski definition) is 5. The maximum Gasteiger partial charge on any atom is 0.243 e. The molecule has 3 aromatic rings. The number of nitrogens with zero attached hydrogens (tertiary/aromatic N) is 2. The van der Waals surface area contributed by atoms with Crippen LogP contribution in [0.1, 0.15) is 25.8 Å². The van der Waals surface area contributed by atoms with Crippen molar-refractivity contribution in [2.24, 2.45) is 0 Å². The van der Waals surface area contributed by atoms with Crippen LogP contribution in [0.2, 0.25) is 0 Å². The van der Waals surface area contributed by atoms with E-state index in [2.05, 4.69) is 5.32 Å². The zero-order valence-corrected chi connectivity index (χ0v) is 21.9. The van der Waals surface area contributed by atoms with Crippen molar-refractivity contribution in [3.05, 3.63) is 72.3 Å². The number of ether oxygens (including phenoxy) is 1. The van der Waals surface area contributed by atoms with E-state index in [1.807, 2.05) is 43.3 Å². The summed E-state index contributed by atoms with van der Waals surface area (Å²) in [5, 5.41) is 4.53. The van der Waals surface area contributed by atoms with Crippen molar-refractivity contribution in [3.63, 3.8) is 0 Å². The van der Waals surface area contributed by atoms with E-state index in [0.717, 1.165) is 27.1 Å². The summed E-state index contributed by atoms with van der Waals surface area (Å²) in [6.45, 7) is 3.82. The van der Waals surface area contributed by atoms with Gasteiger partial charge in [-0.05, 0) is 53.9 Å². The molecule has 0 radical (unpaired) electrons. The maximum absolute atomic E-state index is 13.4. The third-order valence-corrected chi connectivity index (χ3v) is 7.81. The second-order valence-electron chi connectivity index (χ2n) is 8.61. The molecule has 0 fully saturated rings. The van der Waals surface area contributed by atoms with Gasteiger partial charge in [-0.1, -0.05) is 49.4 Å². The predicted octanol–water partition coefficient (Wildman–Crippen LogP) is 3.41. The molecule has 0 aliphatic heterocycles. The van der Waals surface area contributed by atoms with Gasteiger partial charge in [-0.3, -0.25) is 9.59 Å². The zero-order valence-electron chi connectivity index (χ0n) is 21.1. The molecule has 8 nitrogen and oxygen atoms in total. The molecule has 0 spiro atoms. The quantitative estimate of drug-likeness (QED) is 0.426. The molecule has 9 heteroatoms. The van der Waals surface area contributed by atoms with Gasteiger partial charge in [0.2, 0.25) is 21.8 Å². The lowest BCUT2D eigenvalue weighted by Gasteiger charge is -2.30. The molecule has 36 heavy (non-hydrogen) atoms. The molecule has 0 unspecified atom stereocenters. The van der Waals surface area contributed by atoms with Gasteiger partial charge < -0.3 is 15.0 Å². The van der Waals surface area contributed by atoms with Crippen molar-refractivity contribution < 1.29 is 22.7 Å². The first-order valence-electron chi connectivity index (χ1n) is 11.8. The first-order valence-corrected chi connectivity index (χ1v) is 13.3. The number of carbonyl (C=O) groups excluding carboxylic acids is 2. The first-order chi connectivity index (χ1) is 17.2. The number of sulfonamides is 1. The van der Waals surface area contributed by atoms with Crippen LogP contribution >= 0.6 is 0 Å². The van der Waals surface area contributed by atoms with Gasteiger partial charge in [-0.25, -0.2) is 8.42 Å². The molecule has 0 aliphatic rings. The molecule has 0 saturated carbocycles. The van der Waals surface area contributed by atoms with E-state index in [-0.39, 0.29) is 17.3 Å². The fourth-order valence-electron chi connectivity index (χ4n) is 3.78. The fourth-order valence-corrected chi connectivity index (χ4v) is 4.94. The maximum atomic E-state index is 13.4. The molecule has 0 aromatic heterocycles. The fraction of sp³-hybridized carbons (Fsp3) is 0.333.